The lowest BCUT2D eigenvalue weighted by Gasteiger charge is -2.28. The smallest absolute Gasteiger partial charge is 0.252 e. The van der Waals surface area contributed by atoms with Crippen molar-refractivity contribution in [3.05, 3.63) is 64.7 Å². The first-order chi connectivity index (χ1) is 16.5. The molecule has 1 fully saturated rings. The van der Waals surface area contributed by atoms with Crippen molar-refractivity contribution in [2.24, 2.45) is 0 Å². The van der Waals surface area contributed by atoms with Crippen molar-refractivity contribution in [1.82, 2.24) is 9.88 Å². The SMILES string of the molecule is COc1ccc(CN(Cc2cc3cc4c(cc3nc2N(C)C)CCC4)C(=O)[C@@H]2CCCO2)cc1. The molecule has 0 bridgehead atoms. The molecule has 0 spiro atoms. The summed E-state index contributed by atoms with van der Waals surface area (Å²) in [5.41, 5.74) is 6.00. The van der Waals surface area contributed by atoms with E-state index in [9.17, 15) is 4.79 Å². The van der Waals surface area contributed by atoms with E-state index < -0.39 is 0 Å². The summed E-state index contributed by atoms with van der Waals surface area (Å²) in [5, 5.41) is 1.15. The zero-order chi connectivity index (χ0) is 23.7. The maximum absolute atomic E-state index is 13.5. The largest absolute Gasteiger partial charge is 0.497 e. The topological polar surface area (TPSA) is 54.9 Å². The van der Waals surface area contributed by atoms with Gasteiger partial charge in [-0.05, 0) is 79.1 Å². The number of amides is 1. The number of rotatable bonds is 7. The number of nitrogens with zero attached hydrogens (tertiary/aromatic N) is 3. The van der Waals surface area contributed by atoms with Crippen molar-refractivity contribution in [3.63, 3.8) is 0 Å². The molecule has 2 aromatic carbocycles. The summed E-state index contributed by atoms with van der Waals surface area (Å²) in [6, 6.07) is 14.7. The summed E-state index contributed by atoms with van der Waals surface area (Å²) in [6.45, 7) is 1.65. The molecule has 1 aromatic heterocycles. The van der Waals surface area contributed by atoms with E-state index in [-0.39, 0.29) is 12.0 Å². The minimum absolute atomic E-state index is 0.0482. The Bertz CT molecular complexity index is 1180. The Balaban J connectivity index is 1.50. The molecular formula is C28H33N3O3. The van der Waals surface area contributed by atoms with Crippen LogP contribution in [-0.4, -0.2) is 49.7 Å². The van der Waals surface area contributed by atoms with Crippen LogP contribution in [-0.2, 0) is 35.5 Å². The number of fused-ring (bicyclic) bond motifs is 2. The maximum Gasteiger partial charge on any atom is 0.252 e. The number of hydrogen-bond donors (Lipinski definition) is 0. The van der Waals surface area contributed by atoms with E-state index in [2.05, 4.69) is 18.2 Å². The second-order valence-electron chi connectivity index (χ2n) is 9.58. The van der Waals surface area contributed by atoms with Crippen LogP contribution in [0.4, 0.5) is 5.82 Å². The standard InChI is InChI=1S/C28H33N3O3/c1-30(2)27-23(15-22-14-20-6-4-7-21(20)16-25(22)29-27)18-31(28(32)26-8-5-13-34-26)17-19-9-11-24(33-3)12-10-19/h9-12,14-16,26H,4-8,13,17-18H2,1-3H3/t26-/m0/s1. The van der Waals surface area contributed by atoms with Crippen molar-refractivity contribution >= 4 is 22.6 Å². The highest BCUT2D eigenvalue weighted by molar-refractivity contribution is 5.85. The van der Waals surface area contributed by atoms with Crippen molar-refractivity contribution in [2.45, 2.75) is 51.3 Å². The molecule has 5 rings (SSSR count). The Morgan fingerprint density at radius 2 is 1.82 bits per heavy atom. The van der Waals surface area contributed by atoms with E-state index >= 15 is 0 Å². The fraction of sp³-hybridized carbons (Fsp3) is 0.429. The fourth-order valence-corrected chi connectivity index (χ4v) is 5.13. The van der Waals surface area contributed by atoms with Gasteiger partial charge in [-0.25, -0.2) is 4.98 Å². The number of aromatic nitrogens is 1. The lowest BCUT2D eigenvalue weighted by molar-refractivity contribution is -0.142. The van der Waals surface area contributed by atoms with Gasteiger partial charge in [-0.3, -0.25) is 4.79 Å². The van der Waals surface area contributed by atoms with Crippen LogP contribution in [0.3, 0.4) is 0 Å². The van der Waals surface area contributed by atoms with Gasteiger partial charge < -0.3 is 19.3 Å². The predicted octanol–water partition coefficient (Wildman–Crippen LogP) is 4.51. The van der Waals surface area contributed by atoms with Gasteiger partial charge in [-0.1, -0.05) is 12.1 Å². The zero-order valence-electron chi connectivity index (χ0n) is 20.3. The van der Waals surface area contributed by atoms with E-state index in [1.54, 1.807) is 7.11 Å². The normalized spacial score (nSPS) is 17.1. The predicted molar refractivity (Wildman–Crippen MR) is 134 cm³/mol. The van der Waals surface area contributed by atoms with Crippen LogP contribution in [0.25, 0.3) is 10.9 Å². The Labute approximate surface area is 201 Å². The minimum atomic E-state index is -0.363. The fourth-order valence-electron chi connectivity index (χ4n) is 5.13. The Kier molecular flexibility index (Phi) is 6.42. The molecular weight excluding hydrogens is 426 g/mol. The Hall–Kier alpha value is -3.12. The molecule has 0 N–H and O–H groups in total. The first kappa shape index (κ1) is 22.7. The monoisotopic (exact) mass is 459 g/mol. The molecule has 2 aliphatic rings. The molecule has 1 aliphatic heterocycles. The van der Waals surface area contributed by atoms with Gasteiger partial charge >= 0.3 is 0 Å². The van der Waals surface area contributed by atoms with Gasteiger partial charge in [0, 0.05) is 44.7 Å². The Morgan fingerprint density at radius 1 is 1.06 bits per heavy atom. The summed E-state index contributed by atoms with van der Waals surface area (Å²) in [4.78, 5) is 22.5. The van der Waals surface area contributed by atoms with Crippen LogP contribution in [0.2, 0.25) is 0 Å². The first-order valence-electron chi connectivity index (χ1n) is 12.2. The molecule has 6 heteroatoms. The van der Waals surface area contributed by atoms with E-state index in [4.69, 9.17) is 14.5 Å². The number of benzene rings is 2. The number of aryl methyl sites for hydroxylation is 2. The zero-order valence-corrected chi connectivity index (χ0v) is 20.3. The van der Waals surface area contributed by atoms with E-state index in [1.807, 2.05) is 48.2 Å². The van der Waals surface area contributed by atoms with Gasteiger partial charge in [0.05, 0.1) is 12.6 Å². The lowest BCUT2D eigenvalue weighted by atomic mass is 10.0. The van der Waals surface area contributed by atoms with Crippen LogP contribution in [0, 0.1) is 0 Å². The third-order valence-electron chi connectivity index (χ3n) is 6.92. The van der Waals surface area contributed by atoms with Crippen molar-refractivity contribution in [1.29, 1.82) is 0 Å². The van der Waals surface area contributed by atoms with Crippen molar-refractivity contribution < 1.29 is 14.3 Å². The molecule has 6 nitrogen and oxygen atoms in total. The highest BCUT2D eigenvalue weighted by Gasteiger charge is 2.29. The number of pyridine rings is 1. The number of carbonyl (C=O) groups is 1. The average molecular weight is 460 g/mol. The third-order valence-corrected chi connectivity index (χ3v) is 6.92. The molecule has 1 aliphatic carbocycles. The number of anilines is 1. The average Bonchev–Trinajstić information content (AvgIpc) is 3.54. The number of carbonyl (C=O) groups excluding carboxylic acids is 1. The first-order valence-corrected chi connectivity index (χ1v) is 12.2. The highest BCUT2D eigenvalue weighted by Crippen LogP contribution is 2.31. The van der Waals surface area contributed by atoms with Gasteiger partial charge in [0.1, 0.15) is 17.7 Å². The maximum atomic E-state index is 13.5. The Morgan fingerprint density at radius 3 is 2.50 bits per heavy atom. The van der Waals surface area contributed by atoms with Crippen LogP contribution in [0.5, 0.6) is 5.75 Å². The molecule has 0 radical (unpaired) electrons. The van der Waals surface area contributed by atoms with Gasteiger partial charge in [-0.2, -0.15) is 0 Å². The summed E-state index contributed by atoms with van der Waals surface area (Å²) >= 11 is 0. The lowest BCUT2D eigenvalue weighted by Crippen LogP contribution is -2.38. The summed E-state index contributed by atoms with van der Waals surface area (Å²) in [5.74, 6) is 1.76. The molecule has 1 amide bonds. The molecule has 34 heavy (non-hydrogen) atoms. The molecule has 178 valence electrons. The van der Waals surface area contributed by atoms with Gasteiger partial charge in [0.25, 0.3) is 5.91 Å². The molecule has 0 unspecified atom stereocenters. The van der Waals surface area contributed by atoms with Crippen LogP contribution in [0.15, 0.2) is 42.5 Å². The van der Waals surface area contributed by atoms with E-state index in [0.717, 1.165) is 59.3 Å². The van der Waals surface area contributed by atoms with E-state index in [1.165, 1.54) is 17.5 Å². The molecule has 1 saturated heterocycles. The number of methoxy groups -OCH3 is 1. The van der Waals surface area contributed by atoms with Crippen molar-refractivity contribution in [3.8, 4) is 5.75 Å². The quantitative estimate of drug-likeness (QED) is 0.521. The van der Waals surface area contributed by atoms with Crippen LogP contribution in [0.1, 0.15) is 41.5 Å². The van der Waals surface area contributed by atoms with Gasteiger partial charge in [0.15, 0.2) is 0 Å². The summed E-state index contributed by atoms with van der Waals surface area (Å²) in [7, 11) is 5.69. The number of hydrogen-bond acceptors (Lipinski definition) is 5. The number of ether oxygens (including phenoxy) is 2. The van der Waals surface area contributed by atoms with Gasteiger partial charge in [0.2, 0.25) is 0 Å². The van der Waals surface area contributed by atoms with Gasteiger partial charge in [-0.15, -0.1) is 0 Å². The summed E-state index contributed by atoms with van der Waals surface area (Å²) in [6.07, 6.45) is 4.83. The minimum Gasteiger partial charge on any atom is -0.497 e. The van der Waals surface area contributed by atoms with E-state index in [0.29, 0.717) is 19.7 Å². The van der Waals surface area contributed by atoms with Crippen LogP contribution >= 0.6 is 0 Å². The molecule has 3 aromatic rings. The van der Waals surface area contributed by atoms with Crippen molar-refractivity contribution in [2.75, 3.05) is 32.7 Å². The third kappa shape index (κ3) is 4.60. The molecule has 0 saturated carbocycles. The highest BCUT2D eigenvalue weighted by atomic mass is 16.5. The summed E-state index contributed by atoms with van der Waals surface area (Å²) < 4.78 is 11.1. The second-order valence-corrected chi connectivity index (χ2v) is 9.58. The van der Waals surface area contributed by atoms with Crippen LogP contribution < -0.4 is 9.64 Å². The molecule has 2 heterocycles. The second kappa shape index (κ2) is 9.63. The molecule has 1 atom stereocenters.